The van der Waals surface area contributed by atoms with Gasteiger partial charge in [0, 0.05) is 25.4 Å². The van der Waals surface area contributed by atoms with E-state index in [9.17, 15) is 9.59 Å². The first-order valence-electron chi connectivity index (χ1n) is 8.23. The van der Waals surface area contributed by atoms with Gasteiger partial charge in [0.05, 0.1) is 11.6 Å². The summed E-state index contributed by atoms with van der Waals surface area (Å²) in [6.07, 6.45) is 5.08. The van der Waals surface area contributed by atoms with E-state index in [-0.39, 0.29) is 11.9 Å². The molecule has 2 aliphatic heterocycles. The predicted molar refractivity (Wildman–Crippen MR) is 87.3 cm³/mol. The molecule has 1 amide bonds. The fourth-order valence-electron chi connectivity index (χ4n) is 3.62. The van der Waals surface area contributed by atoms with E-state index in [2.05, 4.69) is 4.98 Å². The molecular formula is C19H18N2O3. The van der Waals surface area contributed by atoms with Crippen molar-refractivity contribution < 1.29 is 14.3 Å². The summed E-state index contributed by atoms with van der Waals surface area (Å²) in [6, 6.07) is 11.2. The number of carbonyl (C=O) groups is 2. The van der Waals surface area contributed by atoms with Crippen molar-refractivity contribution in [3.8, 4) is 0 Å². The molecule has 5 nitrogen and oxygen atoms in total. The molecule has 24 heavy (non-hydrogen) atoms. The average molecular weight is 322 g/mol. The van der Waals surface area contributed by atoms with Crippen LogP contribution in [-0.2, 0) is 16.0 Å². The largest absolute Gasteiger partial charge is 0.448 e. The van der Waals surface area contributed by atoms with Crippen molar-refractivity contribution in [1.29, 1.82) is 0 Å². The first-order valence-corrected chi connectivity index (χ1v) is 8.23. The first kappa shape index (κ1) is 14.9. The Morgan fingerprint density at radius 2 is 1.96 bits per heavy atom. The molecule has 1 aromatic heterocycles. The molecule has 0 saturated carbocycles. The molecule has 5 heteroatoms. The van der Waals surface area contributed by atoms with E-state index in [1.54, 1.807) is 18.5 Å². The minimum absolute atomic E-state index is 0.0383. The molecule has 0 bridgehead atoms. The van der Waals surface area contributed by atoms with Crippen molar-refractivity contribution >= 4 is 11.9 Å². The van der Waals surface area contributed by atoms with Crippen molar-refractivity contribution in [1.82, 2.24) is 9.88 Å². The fraction of sp³-hybridized carbons (Fsp3) is 0.316. The molecular weight excluding hydrogens is 304 g/mol. The van der Waals surface area contributed by atoms with Gasteiger partial charge in [0.1, 0.15) is 0 Å². The van der Waals surface area contributed by atoms with Crippen LogP contribution in [0.5, 0.6) is 0 Å². The van der Waals surface area contributed by atoms with Crippen LogP contribution in [0.4, 0.5) is 0 Å². The lowest BCUT2D eigenvalue weighted by molar-refractivity contribution is -0.142. The standard InChI is InChI=1S/C19H18N2O3/c22-18(17-12-14-4-1-2-5-15(14)19(23)24-17)21-11-3-6-16(21)13-7-9-20-10-8-13/h1-2,4-5,7-10,16-17H,3,6,11-12H2/t16-,17-/m0/s1. The number of carbonyl (C=O) groups excluding carboxylic acids is 2. The minimum atomic E-state index is -0.727. The summed E-state index contributed by atoms with van der Waals surface area (Å²) in [7, 11) is 0. The average Bonchev–Trinajstić information content (AvgIpc) is 3.11. The van der Waals surface area contributed by atoms with Gasteiger partial charge in [0.2, 0.25) is 0 Å². The quantitative estimate of drug-likeness (QED) is 0.797. The number of hydrogen-bond acceptors (Lipinski definition) is 4. The van der Waals surface area contributed by atoms with Crippen molar-refractivity contribution in [3.63, 3.8) is 0 Å². The van der Waals surface area contributed by atoms with E-state index < -0.39 is 12.1 Å². The van der Waals surface area contributed by atoms with Gasteiger partial charge in [-0.2, -0.15) is 0 Å². The lowest BCUT2D eigenvalue weighted by Gasteiger charge is -2.31. The van der Waals surface area contributed by atoms with E-state index >= 15 is 0 Å². The molecule has 0 aliphatic carbocycles. The number of cyclic esters (lactones) is 1. The van der Waals surface area contributed by atoms with E-state index in [0.29, 0.717) is 18.5 Å². The molecule has 0 radical (unpaired) electrons. The van der Waals surface area contributed by atoms with E-state index in [4.69, 9.17) is 4.74 Å². The fourth-order valence-corrected chi connectivity index (χ4v) is 3.62. The Labute approximate surface area is 140 Å². The Balaban J connectivity index is 1.57. The number of fused-ring (bicyclic) bond motifs is 1. The number of amides is 1. The highest BCUT2D eigenvalue weighted by molar-refractivity contribution is 5.95. The number of benzene rings is 1. The first-order chi connectivity index (χ1) is 11.7. The van der Waals surface area contributed by atoms with Gasteiger partial charge in [-0.25, -0.2) is 4.79 Å². The smallest absolute Gasteiger partial charge is 0.339 e. The van der Waals surface area contributed by atoms with Crippen LogP contribution in [0.1, 0.15) is 40.4 Å². The van der Waals surface area contributed by atoms with Crippen molar-refractivity contribution in [2.45, 2.75) is 31.4 Å². The number of esters is 1. The monoisotopic (exact) mass is 322 g/mol. The lowest BCUT2D eigenvalue weighted by Crippen LogP contribution is -2.44. The molecule has 4 rings (SSSR count). The minimum Gasteiger partial charge on any atom is -0.448 e. The Bertz CT molecular complexity index is 775. The summed E-state index contributed by atoms with van der Waals surface area (Å²) >= 11 is 0. The summed E-state index contributed by atoms with van der Waals surface area (Å²) in [5, 5.41) is 0. The number of hydrogen-bond donors (Lipinski definition) is 0. The Kier molecular flexibility index (Phi) is 3.76. The van der Waals surface area contributed by atoms with E-state index in [1.165, 1.54) is 0 Å². The van der Waals surface area contributed by atoms with Crippen LogP contribution in [0.3, 0.4) is 0 Å². The van der Waals surface area contributed by atoms with Gasteiger partial charge in [0.25, 0.3) is 5.91 Å². The van der Waals surface area contributed by atoms with Crippen molar-refractivity contribution in [2.75, 3.05) is 6.54 Å². The third kappa shape index (κ3) is 2.56. The second kappa shape index (κ2) is 6.07. The van der Waals surface area contributed by atoms with Gasteiger partial charge in [-0.15, -0.1) is 0 Å². The van der Waals surface area contributed by atoms with Crippen LogP contribution in [-0.4, -0.2) is 34.4 Å². The van der Waals surface area contributed by atoms with Crippen LogP contribution in [0.2, 0.25) is 0 Å². The van der Waals surface area contributed by atoms with E-state index in [1.807, 2.05) is 35.2 Å². The van der Waals surface area contributed by atoms with Crippen LogP contribution >= 0.6 is 0 Å². The second-order valence-electron chi connectivity index (χ2n) is 6.23. The maximum absolute atomic E-state index is 13.0. The third-order valence-electron chi connectivity index (χ3n) is 4.79. The molecule has 1 aromatic carbocycles. The Morgan fingerprint density at radius 1 is 1.17 bits per heavy atom. The Morgan fingerprint density at radius 3 is 2.79 bits per heavy atom. The highest BCUT2D eigenvalue weighted by atomic mass is 16.5. The number of likely N-dealkylation sites (tertiary alicyclic amines) is 1. The maximum atomic E-state index is 13.0. The Hall–Kier alpha value is -2.69. The number of nitrogens with zero attached hydrogens (tertiary/aromatic N) is 2. The summed E-state index contributed by atoms with van der Waals surface area (Å²) < 4.78 is 5.43. The molecule has 0 unspecified atom stereocenters. The zero-order valence-electron chi connectivity index (χ0n) is 13.2. The topological polar surface area (TPSA) is 59.5 Å². The molecule has 0 spiro atoms. The van der Waals surface area contributed by atoms with Gasteiger partial charge in [-0.05, 0) is 42.2 Å². The van der Waals surface area contributed by atoms with Gasteiger partial charge >= 0.3 is 5.97 Å². The molecule has 1 saturated heterocycles. The van der Waals surface area contributed by atoms with Crippen molar-refractivity contribution in [2.24, 2.45) is 0 Å². The summed E-state index contributed by atoms with van der Waals surface area (Å²) in [5.41, 5.74) is 2.53. The number of rotatable bonds is 2. The van der Waals surface area contributed by atoms with Gasteiger partial charge in [0.15, 0.2) is 6.10 Å². The highest BCUT2D eigenvalue weighted by Crippen LogP contribution is 2.33. The number of ether oxygens (including phenoxy) is 1. The number of pyridine rings is 1. The second-order valence-corrected chi connectivity index (χ2v) is 6.23. The molecule has 3 heterocycles. The molecule has 1 fully saturated rings. The van der Waals surface area contributed by atoms with Gasteiger partial charge < -0.3 is 9.64 Å². The normalized spacial score (nSPS) is 22.8. The molecule has 2 atom stereocenters. The summed E-state index contributed by atoms with van der Waals surface area (Å²) in [4.78, 5) is 31.0. The molecule has 122 valence electrons. The molecule has 2 aliphatic rings. The van der Waals surface area contributed by atoms with Crippen LogP contribution in [0.25, 0.3) is 0 Å². The van der Waals surface area contributed by atoms with Gasteiger partial charge in [-0.3, -0.25) is 9.78 Å². The molecule has 0 N–H and O–H groups in total. The summed E-state index contributed by atoms with van der Waals surface area (Å²) in [5.74, 6) is -0.507. The van der Waals surface area contributed by atoms with Gasteiger partial charge in [-0.1, -0.05) is 18.2 Å². The SMILES string of the molecule is O=C1O[C@H](C(=O)N2CCC[C@H]2c2ccncc2)Cc2ccccc21. The predicted octanol–water partition coefficient (Wildman–Crippen LogP) is 2.53. The van der Waals surface area contributed by atoms with Crippen LogP contribution < -0.4 is 0 Å². The van der Waals surface area contributed by atoms with E-state index in [0.717, 1.165) is 24.0 Å². The third-order valence-corrected chi connectivity index (χ3v) is 4.79. The summed E-state index contributed by atoms with van der Waals surface area (Å²) in [6.45, 7) is 0.696. The maximum Gasteiger partial charge on any atom is 0.339 e. The zero-order valence-corrected chi connectivity index (χ0v) is 13.2. The zero-order chi connectivity index (χ0) is 16.5. The van der Waals surface area contributed by atoms with Crippen LogP contribution in [0, 0.1) is 0 Å². The molecule has 2 aromatic rings. The highest BCUT2D eigenvalue weighted by Gasteiger charge is 2.38. The van der Waals surface area contributed by atoms with Crippen molar-refractivity contribution in [3.05, 3.63) is 65.5 Å². The number of aromatic nitrogens is 1. The lowest BCUT2D eigenvalue weighted by atomic mass is 9.97. The van der Waals surface area contributed by atoms with Crippen LogP contribution in [0.15, 0.2) is 48.8 Å².